The van der Waals surface area contributed by atoms with E-state index in [0.717, 1.165) is 12.8 Å². The number of pyridine rings is 1. The minimum absolute atomic E-state index is 0.00176. The first-order valence-corrected chi connectivity index (χ1v) is 7.88. The third-order valence-electron chi connectivity index (χ3n) is 4.24. The molecular formula is C17H16N4O3. The summed E-state index contributed by atoms with van der Waals surface area (Å²) in [5.74, 6) is 1.29. The fraction of sp³-hybridized carbons (Fsp3) is 0.294. The van der Waals surface area contributed by atoms with Gasteiger partial charge < -0.3 is 13.8 Å². The fourth-order valence-corrected chi connectivity index (χ4v) is 2.90. The molecular weight excluding hydrogens is 308 g/mol. The Labute approximate surface area is 138 Å². The Kier molecular flexibility index (Phi) is 3.82. The molecule has 1 aliphatic rings. The Morgan fingerprint density at radius 2 is 2.08 bits per heavy atom. The van der Waals surface area contributed by atoms with Gasteiger partial charge in [0.05, 0.1) is 11.8 Å². The van der Waals surface area contributed by atoms with Gasteiger partial charge in [0.15, 0.2) is 0 Å². The molecule has 3 aromatic heterocycles. The summed E-state index contributed by atoms with van der Waals surface area (Å²) < 4.78 is 10.4. The highest BCUT2D eigenvalue weighted by atomic mass is 16.5. The Balaban J connectivity index is 1.41. The van der Waals surface area contributed by atoms with Gasteiger partial charge in [-0.25, -0.2) is 0 Å². The van der Waals surface area contributed by atoms with Crippen molar-refractivity contribution >= 4 is 5.91 Å². The summed E-state index contributed by atoms with van der Waals surface area (Å²) in [4.78, 5) is 22.8. The van der Waals surface area contributed by atoms with Gasteiger partial charge in [-0.1, -0.05) is 11.2 Å². The molecule has 0 saturated carbocycles. The molecule has 4 rings (SSSR count). The predicted octanol–water partition coefficient (Wildman–Crippen LogP) is 2.74. The summed E-state index contributed by atoms with van der Waals surface area (Å²) in [6.07, 6.45) is 6.29. The molecule has 1 fully saturated rings. The molecule has 0 aromatic carbocycles. The van der Waals surface area contributed by atoms with Crippen molar-refractivity contribution in [1.29, 1.82) is 0 Å². The second-order valence-electron chi connectivity index (χ2n) is 5.75. The van der Waals surface area contributed by atoms with Gasteiger partial charge in [-0.3, -0.25) is 9.78 Å². The highest BCUT2D eigenvalue weighted by Crippen LogP contribution is 2.28. The second-order valence-corrected chi connectivity index (χ2v) is 5.75. The average molecular weight is 324 g/mol. The van der Waals surface area contributed by atoms with Crippen LogP contribution in [-0.4, -0.2) is 39.0 Å². The lowest BCUT2D eigenvalue weighted by Crippen LogP contribution is -2.37. The maximum absolute atomic E-state index is 12.3. The van der Waals surface area contributed by atoms with Gasteiger partial charge >= 0.3 is 0 Å². The molecule has 0 atom stereocenters. The number of piperidine rings is 1. The Hall–Kier alpha value is -2.96. The first-order valence-electron chi connectivity index (χ1n) is 7.88. The zero-order valence-corrected chi connectivity index (χ0v) is 13.0. The molecule has 4 heterocycles. The molecule has 7 nitrogen and oxygen atoms in total. The zero-order valence-electron chi connectivity index (χ0n) is 13.0. The molecule has 7 heteroatoms. The summed E-state index contributed by atoms with van der Waals surface area (Å²) in [5, 5.41) is 4.01. The van der Waals surface area contributed by atoms with Gasteiger partial charge in [0.2, 0.25) is 11.7 Å². The van der Waals surface area contributed by atoms with E-state index >= 15 is 0 Å². The van der Waals surface area contributed by atoms with Crippen LogP contribution in [0.4, 0.5) is 0 Å². The second kappa shape index (κ2) is 6.27. The summed E-state index contributed by atoms with van der Waals surface area (Å²) in [5.41, 5.74) is 1.28. The van der Waals surface area contributed by atoms with Crippen molar-refractivity contribution in [3.8, 4) is 11.5 Å². The smallest absolute Gasteiger partial charge is 0.257 e. The number of furan rings is 1. The maximum atomic E-state index is 12.3. The van der Waals surface area contributed by atoms with Crippen LogP contribution in [0, 0.1) is 0 Å². The number of likely N-dealkylation sites (tertiary alicyclic amines) is 1. The minimum Gasteiger partial charge on any atom is -0.472 e. The van der Waals surface area contributed by atoms with Crippen LogP contribution in [0.2, 0.25) is 0 Å². The van der Waals surface area contributed by atoms with Gasteiger partial charge in [-0.05, 0) is 31.0 Å². The number of carbonyl (C=O) groups is 1. The van der Waals surface area contributed by atoms with Gasteiger partial charge in [0, 0.05) is 25.2 Å². The third kappa shape index (κ3) is 2.80. The van der Waals surface area contributed by atoms with E-state index in [1.165, 1.54) is 12.5 Å². The Morgan fingerprint density at radius 3 is 2.79 bits per heavy atom. The van der Waals surface area contributed by atoms with Crippen molar-refractivity contribution in [2.45, 2.75) is 18.8 Å². The number of carbonyl (C=O) groups excluding carboxylic acids is 1. The summed E-state index contributed by atoms with van der Waals surface area (Å²) in [6.45, 7) is 1.33. The lowest BCUT2D eigenvalue weighted by Gasteiger charge is -2.30. The maximum Gasteiger partial charge on any atom is 0.257 e. The van der Waals surface area contributed by atoms with Gasteiger partial charge in [-0.15, -0.1) is 0 Å². The monoisotopic (exact) mass is 324 g/mol. The van der Waals surface area contributed by atoms with Crippen LogP contribution in [0.5, 0.6) is 0 Å². The Bertz CT molecular complexity index is 806. The van der Waals surface area contributed by atoms with Crippen LogP contribution < -0.4 is 0 Å². The average Bonchev–Trinajstić information content (AvgIpc) is 3.34. The molecule has 0 radical (unpaired) electrons. The van der Waals surface area contributed by atoms with E-state index in [1.54, 1.807) is 12.3 Å². The summed E-state index contributed by atoms with van der Waals surface area (Å²) in [6, 6.07) is 7.27. The lowest BCUT2D eigenvalue weighted by atomic mass is 9.96. The lowest BCUT2D eigenvalue weighted by molar-refractivity contribution is 0.0704. The van der Waals surface area contributed by atoms with Crippen molar-refractivity contribution in [3.63, 3.8) is 0 Å². The van der Waals surface area contributed by atoms with Crippen LogP contribution in [0.3, 0.4) is 0 Å². The van der Waals surface area contributed by atoms with Crippen molar-refractivity contribution in [3.05, 3.63) is 54.4 Å². The summed E-state index contributed by atoms with van der Waals surface area (Å²) >= 11 is 0. The number of nitrogens with zero attached hydrogens (tertiary/aromatic N) is 4. The van der Waals surface area contributed by atoms with Crippen LogP contribution in [0.15, 0.2) is 51.9 Å². The van der Waals surface area contributed by atoms with Gasteiger partial charge in [0.25, 0.3) is 5.91 Å². The van der Waals surface area contributed by atoms with Gasteiger partial charge in [-0.2, -0.15) is 4.98 Å². The van der Waals surface area contributed by atoms with Crippen molar-refractivity contribution < 1.29 is 13.7 Å². The zero-order chi connectivity index (χ0) is 16.4. The molecule has 0 bridgehead atoms. The molecule has 1 aliphatic heterocycles. The van der Waals surface area contributed by atoms with Crippen LogP contribution in [0.25, 0.3) is 11.5 Å². The fourth-order valence-electron chi connectivity index (χ4n) is 2.90. The quantitative estimate of drug-likeness (QED) is 0.736. The van der Waals surface area contributed by atoms with Crippen molar-refractivity contribution in [2.24, 2.45) is 0 Å². The summed E-state index contributed by atoms with van der Waals surface area (Å²) in [7, 11) is 0. The molecule has 122 valence electrons. The number of hydrogen-bond donors (Lipinski definition) is 0. The standard InChI is InChI=1S/C17H16N4O3/c22-17(13-6-10-23-11-13)21-8-4-12(5-9-21)16-19-15(20-24-16)14-3-1-2-7-18-14/h1-3,6-7,10-12H,4-5,8-9H2. The molecule has 24 heavy (non-hydrogen) atoms. The van der Waals surface area contributed by atoms with E-state index in [1.807, 2.05) is 23.1 Å². The highest BCUT2D eigenvalue weighted by Gasteiger charge is 2.28. The first-order chi connectivity index (χ1) is 11.8. The number of rotatable bonds is 3. The molecule has 1 saturated heterocycles. The van der Waals surface area contributed by atoms with Crippen molar-refractivity contribution in [2.75, 3.05) is 13.1 Å². The minimum atomic E-state index is 0.00176. The Morgan fingerprint density at radius 1 is 1.21 bits per heavy atom. The van der Waals surface area contributed by atoms with E-state index in [2.05, 4.69) is 15.1 Å². The SMILES string of the molecule is O=C(c1ccoc1)N1CCC(c2nc(-c3ccccn3)no2)CC1. The topological polar surface area (TPSA) is 85.3 Å². The first kappa shape index (κ1) is 14.6. The molecule has 3 aromatic rings. The van der Waals surface area contributed by atoms with Crippen LogP contribution >= 0.6 is 0 Å². The van der Waals surface area contributed by atoms with Gasteiger partial charge in [0.1, 0.15) is 12.0 Å². The van der Waals surface area contributed by atoms with E-state index in [0.29, 0.717) is 36.1 Å². The van der Waals surface area contributed by atoms with E-state index < -0.39 is 0 Å². The normalized spacial score (nSPS) is 15.6. The number of amides is 1. The number of aromatic nitrogens is 3. The number of hydrogen-bond acceptors (Lipinski definition) is 6. The van der Waals surface area contributed by atoms with Crippen LogP contribution in [-0.2, 0) is 0 Å². The molecule has 0 aliphatic carbocycles. The molecule has 0 spiro atoms. The highest BCUT2D eigenvalue weighted by molar-refractivity contribution is 5.93. The molecule has 0 N–H and O–H groups in total. The molecule has 0 unspecified atom stereocenters. The van der Waals surface area contributed by atoms with E-state index in [9.17, 15) is 4.79 Å². The van der Waals surface area contributed by atoms with Crippen molar-refractivity contribution in [1.82, 2.24) is 20.0 Å². The molecule has 1 amide bonds. The largest absolute Gasteiger partial charge is 0.472 e. The van der Waals surface area contributed by atoms with E-state index in [4.69, 9.17) is 8.94 Å². The predicted molar refractivity (Wildman–Crippen MR) is 84.1 cm³/mol. The van der Waals surface area contributed by atoms with E-state index in [-0.39, 0.29) is 11.8 Å². The van der Waals surface area contributed by atoms with Crippen LogP contribution in [0.1, 0.15) is 35.0 Å². The third-order valence-corrected chi connectivity index (χ3v) is 4.24.